The Labute approximate surface area is 205 Å². The number of hydrogen-bond acceptors (Lipinski definition) is 8. The Morgan fingerprint density at radius 2 is 1.18 bits per heavy atom. The quantitative estimate of drug-likeness (QED) is 0.192. The van der Waals surface area contributed by atoms with Gasteiger partial charge in [0.15, 0.2) is 0 Å². The van der Waals surface area contributed by atoms with E-state index in [-0.39, 0.29) is 45.8 Å². The number of benzene rings is 2. The molecule has 0 aliphatic heterocycles. The Hall–Kier alpha value is -2.66. The molecule has 3 rings (SSSR count). The van der Waals surface area contributed by atoms with E-state index in [1.54, 1.807) is 0 Å². The number of nitro groups is 2. The molecule has 2 aromatic rings. The molecule has 33 heavy (non-hydrogen) atoms. The van der Waals surface area contributed by atoms with Gasteiger partial charge < -0.3 is 9.47 Å². The molecule has 174 valence electrons. The van der Waals surface area contributed by atoms with E-state index in [0.29, 0.717) is 0 Å². The third kappa shape index (κ3) is 5.47. The lowest BCUT2D eigenvalue weighted by Gasteiger charge is -2.07. The van der Waals surface area contributed by atoms with Crippen molar-refractivity contribution >= 4 is 69.7 Å². The number of rotatable bonds is 8. The first kappa shape index (κ1) is 25.0. The summed E-state index contributed by atoms with van der Waals surface area (Å²) in [5.41, 5.74) is -1.09. The summed E-state index contributed by atoms with van der Waals surface area (Å²) in [6.07, 6.45) is 0. The predicted molar refractivity (Wildman–Crippen MR) is 118 cm³/mol. The van der Waals surface area contributed by atoms with Crippen molar-refractivity contribution < 1.29 is 28.9 Å². The van der Waals surface area contributed by atoms with Crippen LogP contribution in [0.15, 0.2) is 36.4 Å². The van der Waals surface area contributed by atoms with Crippen molar-refractivity contribution in [3.05, 3.63) is 77.8 Å². The van der Waals surface area contributed by atoms with Gasteiger partial charge in [0.2, 0.25) is 0 Å². The average Bonchev–Trinajstić information content (AvgIpc) is 3.28. The topological polar surface area (TPSA) is 139 Å². The van der Waals surface area contributed by atoms with Crippen molar-refractivity contribution in [3.63, 3.8) is 0 Å². The Morgan fingerprint density at radius 1 is 0.818 bits per heavy atom. The van der Waals surface area contributed by atoms with Gasteiger partial charge in [-0.1, -0.05) is 23.2 Å². The standard InChI is InChI=1S/C19H12Cl4N2O8/c20-15-3-1-9(24(28)29)5-11(15)17(26)32-7-13-14(19(13,22)23)8-33-18(27)12-6-10(25(30)31)2-4-16(12)21/h1-6,13-14H,7-8H2. The summed E-state index contributed by atoms with van der Waals surface area (Å²) in [4.78, 5) is 45.0. The van der Waals surface area contributed by atoms with Crippen molar-refractivity contribution in [3.8, 4) is 0 Å². The number of hydrogen-bond donors (Lipinski definition) is 0. The van der Waals surface area contributed by atoms with Crippen molar-refractivity contribution in [2.45, 2.75) is 4.33 Å². The van der Waals surface area contributed by atoms with Crippen LogP contribution < -0.4 is 0 Å². The summed E-state index contributed by atoms with van der Waals surface area (Å²) in [7, 11) is 0. The summed E-state index contributed by atoms with van der Waals surface area (Å²) < 4.78 is 8.89. The lowest BCUT2D eigenvalue weighted by atomic mass is 10.2. The number of alkyl halides is 2. The van der Waals surface area contributed by atoms with Crippen LogP contribution in [0.5, 0.6) is 0 Å². The predicted octanol–water partition coefficient (Wildman–Crippen LogP) is 5.24. The Bertz CT molecular complexity index is 1070. The smallest absolute Gasteiger partial charge is 0.339 e. The maximum atomic E-state index is 12.3. The molecule has 0 N–H and O–H groups in total. The second-order valence-electron chi connectivity index (χ2n) is 6.93. The highest BCUT2D eigenvalue weighted by molar-refractivity contribution is 6.51. The van der Waals surface area contributed by atoms with Gasteiger partial charge in [0.1, 0.15) is 4.33 Å². The minimum atomic E-state index is -1.38. The number of esters is 2. The molecule has 14 heteroatoms. The third-order valence-electron chi connectivity index (χ3n) is 4.91. The number of carbonyl (C=O) groups is 2. The van der Waals surface area contributed by atoms with Crippen LogP contribution in [0.2, 0.25) is 10.0 Å². The second-order valence-corrected chi connectivity index (χ2v) is 9.19. The highest BCUT2D eigenvalue weighted by atomic mass is 35.5. The Kier molecular flexibility index (Phi) is 7.32. The van der Waals surface area contributed by atoms with Crippen molar-refractivity contribution in [2.75, 3.05) is 13.2 Å². The van der Waals surface area contributed by atoms with Crippen LogP contribution in [0.25, 0.3) is 0 Å². The Morgan fingerprint density at radius 3 is 1.52 bits per heavy atom. The number of nitro benzene ring substituents is 2. The molecule has 1 fully saturated rings. The highest BCUT2D eigenvalue weighted by Crippen LogP contribution is 2.59. The zero-order valence-electron chi connectivity index (χ0n) is 16.2. The van der Waals surface area contributed by atoms with Gasteiger partial charge in [-0.15, -0.1) is 23.2 Å². The van der Waals surface area contributed by atoms with Crippen LogP contribution in [0.3, 0.4) is 0 Å². The van der Waals surface area contributed by atoms with Gasteiger partial charge in [0.25, 0.3) is 11.4 Å². The molecule has 0 saturated heterocycles. The molecular formula is C19H12Cl4N2O8. The lowest BCUT2D eigenvalue weighted by molar-refractivity contribution is -0.385. The SMILES string of the molecule is O=C(OCC1C(COC(=O)c2cc([N+](=O)[O-])ccc2Cl)C1(Cl)Cl)c1cc([N+](=O)[O-])ccc1Cl. The molecule has 1 saturated carbocycles. The maximum absolute atomic E-state index is 12.3. The van der Waals surface area contributed by atoms with Crippen molar-refractivity contribution in [1.29, 1.82) is 0 Å². The molecule has 0 bridgehead atoms. The van der Waals surface area contributed by atoms with Gasteiger partial charge in [-0.25, -0.2) is 9.59 Å². The zero-order chi connectivity index (χ0) is 24.5. The summed E-state index contributed by atoms with van der Waals surface area (Å²) in [6.45, 7) is -0.546. The van der Waals surface area contributed by atoms with E-state index < -0.39 is 38.0 Å². The van der Waals surface area contributed by atoms with E-state index in [0.717, 1.165) is 24.3 Å². The van der Waals surface area contributed by atoms with Crippen molar-refractivity contribution in [2.24, 2.45) is 11.8 Å². The molecule has 1 aliphatic rings. The molecular weight excluding hydrogens is 526 g/mol. The minimum Gasteiger partial charge on any atom is -0.462 e. The number of carbonyl (C=O) groups excluding carboxylic acids is 2. The fourth-order valence-electron chi connectivity index (χ4n) is 2.97. The molecule has 2 aromatic carbocycles. The van der Waals surface area contributed by atoms with Crippen LogP contribution in [-0.4, -0.2) is 39.3 Å². The van der Waals surface area contributed by atoms with Crippen LogP contribution in [0.4, 0.5) is 11.4 Å². The average molecular weight is 538 g/mol. The summed E-state index contributed by atoms with van der Waals surface area (Å²) in [6, 6.07) is 6.63. The first-order chi connectivity index (χ1) is 15.4. The van der Waals surface area contributed by atoms with Gasteiger partial charge in [0, 0.05) is 36.1 Å². The molecule has 1 aliphatic carbocycles. The first-order valence-corrected chi connectivity index (χ1v) is 10.5. The van der Waals surface area contributed by atoms with Crippen LogP contribution in [-0.2, 0) is 9.47 Å². The number of nitrogens with zero attached hydrogens (tertiary/aromatic N) is 2. The molecule has 2 unspecified atom stereocenters. The van der Waals surface area contributed by atoms with Crippen LogP contribution in [0, 0.1) is 32.1 Å². The molecule has 0 aromatic heterocycles. The van der Waals surface area contributed by atoms with E-state index >= 15 is 0 Å². The number of ether oxygens (including phenoxy) is 2. The third-order valence-corrected chi connectivity index (χ3v) is 6.69. The first-order valence-electron chi connectivity index (χ1n) is 9.03. The van der Waals surface area contributed by atoms with Crippen molar-refractivity contribution in [1.82, 2.24) is 0 Å². The summed E-state index contributed by atoms with van der Waals surface area (Å²) in [5, 5.41) is 21.7. The molecule has 10 nitrogen and oxygen atoms in total. The lowest BCUT2D eigenvalue weighted by Crippen LogP contribution is -2.12. The molecule has 0 radical (unpaired) electrons. The number of halogens is 4. The second kappa shape index (κ2) is 9.68. The van der Waals surface area contributed by atoms with E-state index in [1.165, 1.54) is 12.1 Å². The minimum absolute atomic E-state index is 0.0382. The fraction of sp³-hybridized carbons (Fsp3) is 0.263. The van der Waals surface area contributed by atoms with Gasteiger partial charge in [-0.3, -0.25) is 20.2 Å². The summed E-state index contributed by atoms with van der Waals surface area (Å²) >= 11 is 24.2. The van der Waals surface area contributed by atoms with Gasteiger partial charge in [-0.2, -0.15) is 0 Å². The van der Waals surface area contributed by atoms with Gasteiger partial charge >= 0.3 is 11.9 Å². The van der Waals surface area contributed by atoms with Gasteiger partial charge in [-0.05, 0) is 12.1 Å². The van der Waals surface area contributed by atoms with E-state index in [1.807, 2.05) is 0 Å². The van der Waals surface area contributed by atoms with Crippen LogP contribution >= 0.6 is 46.4 Å². The highest BCUT2D eigenvalue weighted by Gasteiger charge is 2.64. The molecule has 0 heterocycles. The molecule has 2 atom stereocenters. The van der Waals surface area contributed by atoms with Gasteiger partial charge in [0.05, 0.1) is 44.2 Å². The summed E-state index contributed by atoms with van der Waals surface area (Å²) in [5.74, 6) is -3.07. The van der Waals surface area contributed by atoms with E-state index in [2.05, 4.69) is 0 Å². The molecule has 0 amide bonds. The van der Waals surface area contributed by atoms with E-state index in [9.17, 15) is 29.8 Å². The zero-order valence-corrected chi connectivity index (χ0v) is 19.2. The normalized spacial score (nSPS) is 18.3. The van der Waals surface area contributed by atoms with Crippen LogP contribution in [0.1, 0.15) is 20.7 Å². The maximum Gasteiger partial charge on any atom is 0.339 e. The Balaban J connectivity index is 1.59. The largest absolute Gasteiger partial charge is 0.462 e. The number of non-ortho nitro benzene ring substituents is 2. The van der Waals surface area contributed by atoms with E-state index in [4.69, 9.17) is 55.9 Å². The fourth-order valence-corrected chi connectivity index (χ4v) is 4.09. The monoisotopic (exact) mass is 536 g/mol. The molecule has 0 spiro atoms.